The molecule has 1 aliphatic rings. The zero-order chi connectivity index (χ0) is 18.7. The van der Waals surface area contributed by atoms with Crippen LogP contribution >= 0.6 is 11.6 Å². The second-order valence-corrected chi connectivity index (χ2v) is 6.78. The van der Waals surface area contributed by atoms with Crippen molar-refractivity contribution in [3.05, 3.63) is 59.4 Å². The van der Waals surface area contributed by atoms with Crippen LogP contribution in [0.5, 0.6) is 0 Å². The van der Waals surface area contributed by atoms with E-state index >= 15 is 0 Å². The molecule has 0 aromatic heterocycles. The van der Waals surface area contributed by atoms with Crippen LogP contribution in [0, 0.1) is 5.82 Å². The van der Waals surface area contributed by atoms with Crippen molar-refractivity contribution in [1.82, 2.24) is 4.90 Å². The van der Waals surface area contributed by atoms with Crippen molar-refractivity contribution in [3.63, 3.8) is 0 Å². The molecule has 5 nitrogen and oxygen atoms in total. The Kier molecular flexibility index (Phi) is 5.42. The molecule has 2 aromatic rings. The number of rotatable bonds is 3. The minimum Gasteiger partial charge on any atom is -0.337 e. The van der Waals surface area contributed by atoms with Gasteiger partial charge in [-0.3, -0.25) is 4.79 Å². The monoisotopic (exact) mass is 375 g/mol. The van der Waals surface area contributed by atoms with Crippen molar-refractivity contribution in [1.29, 1.82) is 0 Å². The average Bonchev–Trinajstić information content (AvgIpc) is 2.62. The Morgan fingerprint density at radius 3 is 2.54 bits per heavy atom. The molecule has 0 aliphatic carbocycles. The molecule has 0 fully saturated rings. The Balaban J connectivity index is 1.73. The normalized spacial score (nSPS) is 14.3. The maximum atomic E-state index is 13.7. The predicted octanol–water partition coefficient (Wildman–Crippen LogP) is 3.98. The van der Waals surface area contributed by atoms with Gasteiger partial charge in [0, 0.05) is 18.8 Å². The number of urea groups is 1. The number of alkyl halides is 1. The number of halogens is 2. The van der Waals surface area contributed by atoms with E-state index in [4.69, 9.17) is 11.6 Å². The average molecular weight is 376 g/mol. The first-order valence-electron chi connectivity index (χ1n) is 8.32. The summed E-state index contributed by atoms with van der Waals surface area (Å²) < 4.78 is 13.7. The van der Waals surface area contributed by atoms with Crippen LogP contribution in [-0.4, -0.2) is 28.8 Å². The van der Waals surface area contributed by atoms with Gasteiger partial charge in [0.05, 0.1) is 5.69 Å². The SMILES string of the molecule is CC(Cl)C(=O)N1CCc2c(cccc2NC(=O)Nc2ccccc2F)C1. The summed E-state index contributed by atoms with van der Waals surface area (Å²) in [6.45, 7) is 2.65. The topological polar surface area (TPSA) is 61.4 Å². The number of carbonyl (C=O) groups is 2. The van der Waals surface area contributed by atoms with Crippen molar-refractivity contribution in [2.24, 2.45) is 0 Å². The molecule has 0 saturated carbocycles. The number of nitrogens with one attached hydrogen (secondary N) is 2. The summed E-state index contributed by atoms with van der Waals surface area (Å²) in [5, 5.41) is 4.70. The lowest BCUT2D eigenvalue weighted by molar-refractivity contribution is -0.131. The Morgan fingerprint density at radius 1 is 1.12 bits per heavy atom. The molecule has 1 aliphatic heterocycles. The highest BCUT2D eigenvalue weighted by molar-refractivity contribution is 6.30. The summed E-state index contributed by atoms with van der Waals surface area (Å²) in [6.07, 6.45) is 0.612. The third kappa shape index (κ3) is 3.96. The van der Waals surface area contributed by atoms with Crippen LogP contribution in [0.4, 0.5) is 20.6 Å². The van der Waals surface area contributed by atoms with Crippen LogP contribution in [0.25, 0.3) is 0 Å². The first kappa shape index (κ1) is 18.2. The fourth-order valence-corrected chi connectivity index (χ4v) is 3.14. The van der Waals surface area contributed by atoms with Crippen molar-refractivity contribution in [2.45, 2.75) is 25.3 Å². The number of para-hydroxylation sites is 1. The first-order chi connectivity index (χ1) is 12.5. The number of amides is 3. The van der Waals surface area contributed by atoms with E-state index < -0.39 is 17.2 Å². The van der Waals surface area contributed by atoms with Gasteiger partial charge in [0.25, 0.3) is 0 Å². The zero-order valence-corrected chi connectivity index (χ0v) is 15.0. The Morgan fingerprint density at radius 2 is 1.81 bits per heavy atom. The van der Waals surface area contributed by atoms with Crippen molar-refractivity contribution in [2.75, 3.05) is 17.2 Å². The van der Waals surface area contributed by atoms with E-state index in [0.717, 1.165) is 11.1 Å². The first-order valence-corrected chi connectivity index (χ1v) is 8.75. The van der Waals surface area contributed by atoms with Gasteiger partial charge in [-0.15, -0.1) is 11.6 Å². The lowest BCUT2D eigenvalue weighted by atomic mass is 9.97. The number of nitrogens with zero attached hydrogens (tertiary/aromatic N) is 1. The smallest absolute Gasteiger partial charge is 0.323 e. The van der Waals surface area contributed by atoms with Crippen LogP contribution in [0.1, 0.15) is 18.1 Å². The summed E-state index contributed by atoms with van der Waals surface area (Å²) in [5.41, 5.74) is 2.71. The predicted molar refractivity (Wildman–Crippen MR) is 99.9 cm³/mol. The van der Waals surface area contributed by atoms with E-state index in [0.29, 0.717) is 25.2 Å². The standard InChI is InChI=1S/C19H19ClFN3O2/c1-12(20)18(25)24-10-9-14-13(11-24)5-4-8-16(14)22-19(26)23-17-7-3-2-6-15(17)21/h2-8,12H,9-11H2,1H3,(H2,22,23,26). The van der Waals surface area contributed by atoms with E-state index in [1.807, 2.05) is 12.1 Å². The van der Waals surface area contributed by atoms with Crippen LogP contribution < -0.4 is 10.6 Å². The molecule has 7 heteroatoms. The lowest BCUT2D eigenvalue weighted by Crippen LogP contribution is -2.39. The van der Waals surface area contributed by atoms with E-state index in [9.17, 15) is 14.0 Å². The molecule has 2 N–H and O–H groups in total. The van der Waals surface area contributed by atoms with Gasteiger partial charge in [0.15, 0.2) is 0 Å². The van der Waals surface area contributed by atoms with Gasteiger partial charge >= 0.3 is 6.03 Å². The lowest BCUT2D eigenvalue weighted by Gasteiger charge is -2.31. The minimum absolute atomic E-state index is 0.104. The van der Waals surface area contributed by atoms with Gasteiger partial charge in [-0.25, -0.2) is 9.18 Å². The quantitative estimate of drug-likeness (QED) is 0.797. The Bertz CT molecular complexity index is 841. The maximum absolute atomic E-state index is 13.7. The number of benzene rings is 2. The molecule has 0 spiro atoms. The highest BCUT2D eigenvalue weighted by atomic mass is 35.5. The van der Waals surface area contributed by atoms with Gasteiger partial charge in [-0.05, 0) is 42.7 Å². The van der Waals surface area contributed by atoms with Crippen molar-refractivity contribution >= 4 is 34.9 Å². The maximum Gasteiger partial charge on any atom is 0.323 e. The summed E-state index contributed by atoms with van der Waals surface area (Å²) >= 11 is 5.89. The molecule has 1 unspecified atom stereocenters. The Labute approximate surface area is 156 Å². The van der Waals surface area contributed by atoms with Gasteiger partial charge in [0.2, 0.25) is 5.91 Å². The van der Waals surface area contributed by atoms with E-state index in [1.165, 1.54) is 12.1 Å². The fourth-order valence-electron chi connectivity index (χ4n) is 3.00. The largest absolute Gasteiger partial charge is 0.337 e. The molecule has 1 heterocycles. The Hall–Kier alpha value is -2.60. The minimum atomic E-state index is -0.565. The molecule has 0 saturated heterocycles. The summed E-state index contributed by atoms with van der Waals surface area (Å²) in [4.78, 5) is 26.0. The molecule has 0 radical (unpaired) electrons. The van der Waals surface area contributed by atoms with E-state index in [2.05, 4.69) is 10.6 Å². The molecule has 3 rings (SSSR count). The molecule has 2 aromatic carbocycles. The van der Waals surface area contributed by atoms with Gasteiger partial charge in [0.1, 0.15) is 11.2 Å². The van der Waals surface area contributed by atoms with Crippen LogP contribution in [0.2, 0.25) is 0 Å². The van der Waals surface area contributed by atoms with Crippen LogP contribution in [0.3, 0.4) is 0 Å². The highest BCUT2D eigenvalue weighted by Crippen LogP contribution is 2.27. The summed E-state index contributed by atoms with van der Waals surface area (Å²) in [5.74, 6) is -0.602. The number of hydrogen-bond donors (Lipinski definition) is 2. The number of carbonyl (C=O) groups excluding carboxylic acids is 2. The second kappa shape index (κ2) is 7.74. The summed E-state index contributed by atoms with van der Waals surface area (Å²) in [6, 6.07) is 11.0. The highest BCUT2D eigenvalue weighted by Gasteiger charge is 2.25. The molecule has 3 amide bonds. The third-order valence-electron chi connectivity index (χ3n) is 4.29. The van der Waals surface area contributed by atoms with Gasteiger partial charge < -0.3 is 15.5 Å². The van der Waals surface area contributed by atoms with Crippen LogP contribution in [0.15, 0.2) is 42.5 Å². The van der Waals surface area contributed by atoms with E-state index in [1.54, 1.807) is 30.0 Å². The van der Waals surface area contributed by atoms with Gasteiger partial charge in [-0.1, -0.05) is 24.3 Å². The molecule has 26 heavy (non-hydrogen) atoms. The number of fused-ring (bicyclic) bond motifs is 1. The number of anilines is 2. The van der Waals surface area contributed by atoms with E-state index in [-0.39, 0.29) is 11.6 Å². The van der Waals surface area contributed by atoms with Crippen molar-refractivity contribution in [3.8, 4) is 0 Å². The third-order valence-corrected chi connectivity index (χ3v) is 4.47. The van der Waals surface area contributed by atoms with Gasteiger partial charge in [-0.2, -0.15) is 0 Å². The molecule has 136 valence electrons. The molecule has 1 atom stereocenters. The van der Waals surface area contributed by atoms with Crippen molar-refractivity contribution < 1.29 is 14.0 Å². The fraction of sp³-hybridized carbons (Fsp3) is 0.263. The zero-order valence-electron chi connectivity index (χ0n) is 14.3. The molecule has 0 bridgehead atoms. The molecular formula is C19H19ClFN3O2. The number of hydrogen-bond acceptors (Lipinski definition) is 2. The molecular weight excluding hydrogens is 357 g/mol. The van der Waals surface area contributed by atoms with Crippen LogP contribution in [-0.2, 0) is 17.8 Å². The second-order valence-electron chi connectivity index (χ2n) is 6.13. The summed E-state index contributed by atoms with van der Waals surface area (Å²) in [7, 11) is 0.